The van der Waals surface area contributed by atoms with Crippen molar-refractivity contribution in [1.82, 2.24) is 4.98 Å². The number of rotatable bonds is 5. The van der Waals surface area contributed by atoms with Crippen molar-refractivity contribution in [2.24, 2.45) is 5.73 Å². The number of amidine groups is 1. The van der Waals surface area contributed by atoms with E-state index in [-0.39, 0.29) is 12.4 Å². The van der Waals surface area contributed by atoms with Crippen LogP contribution in [0.4, 0.5) is 5.69 Å². The average molecular weight is 234 g/mol. The lowest BCUT2D eigenvalue weighted by Gasteiger charge is -2.39. The lowest BCUT2D eigenvalue weighted by Crippen LogP contribution is -2.43. The minimum atomic E-state index is -0.0251. The van der Waals surface area contributed by atoms with E-state index in [1.54, 1.807) is 6.20 Å². The van der Waals surface area contributed by atoms with Gasteiger partial charge in [0.05, 0.1) is 12.3 Å². The molecule has 1 heterocycles. The first-order valence-corrected chi connectivity index (χ1v) is 5.91. The van der Waals surface area contributed by atoms with Gasteiger partial charge in [-0.15, -0.1) is 0 Å². The van der Waals surface area contributed by atoms with E-state index in [4.69, 9.17) is 16.2 Å². The van der Waals surface area contributed by atoms with Gasteiger partial charge in [-0.25, -0.2) is 0 Å². The van der Waals surface area contributed by atoms with Gasteiger partial charge < -0.3 is 15.7 Å². The van der Waals surface area contributed by atoms with Crippen LogP contribution in [0.25, 0.3) is 0 Å². The molecule has 1 aliphatic rings. The number of pyridine rings is 1. The van der Waals surface area contributed by atoms with E-state index in [9.17, 15) is 0 Å². The molecule has 5 nitrogen and oxygen atoms in total. The van der Waals surface area contributed by atoms with Crippen LogP contribution in [0.15, 0.2) is 18.3 Å². The van der Waals surface area contributed by atoms with Crippen LogP contribution in [0.3, 0.4) is 0 Å². The molecule has 0 amide bonds. The molecule has 0 atom stereocenters. The first-order chi connectivity index (χ1) is 8.24. The molecule has 92 valence electrons. The molecule has 0 bridgehead atoms. The largest absolute Gasteiger partial charge is 0.395 e. The van der Waals surface area contributed by atoms with Gasteiger partial charge >= 0.3 is 0 Å². The maximum absolute atomic E-state index is 9.15. The van der Waals surface area contributed by atoms with E-state index in [0.717, 1.165) is 18.5 Å². The number of aliphatic hydroxyl groups is 1. The van der Waals surface area contributed by atoms with Gasteiger partial charge in [-0.1, -0.05) is 0 Å². The minimum Gasteiger partial charge on any atom is -0.395 e. The van der Waals surface area contributed by atoms with Gasteiger partial charge in [0.15, 0.2) is 0 Å². The molecule has 0 radical (unpaired) electrons. The smallest absolute Gasteiger partial charge is 0.143 e. The van der Waals surface area contributed by atoms with E-state index in [0.29, 0.717) is 18.3 Å². The number of nitrogen functional groups attached to an aromatic ring is 1. The fraction of sp³-hybridized carbons (Fsp3) is 0.500. The molecule has 17 heavy (non-hydrogen) atoms. The second kappa shape index (κ2) is 5.14. The maximum Gasteiger partial charge on any atom is 0.143 e. The van der Waals surface area contributed by atoms with Crippen LogP contribution in [-0.2, 0) is 0 Å². The summed E-state index contributed by atoms with van der Waals surface area (Å²) in [7, 11) is 0. The number of anilines is 1. The van der Waals surface area contributed by atoms with Crippen molar-refractivity contribution in [3.8, 4) is 0 Å². The zero-order valence-corrected chi connectivity index (χ0v) is 9.76. The number of nitrogens with two attached hydrogens (primary N) is 1. The molecule has 0 spiro atoms. The summed E-state index contributed by atoms with van der Waals surface area (Å²) in [5.74, 6) is -0.0251. The molecule has 1 fully saturated rings. The summed E-state index contributed by atoms with van der Waals surface area (Å²) >= 11 is 0. The fourth-order valence-corrected chi connectivity index (χ4v) is 2.14. The third-order valence-corrected chi connectivity index (χ3v) is 3.21. The standard InChI is InChI=1S/C12H18N4O/c13-12(14)11-10(5-2-6-15-11)16(7-8-17)9-3-1-4-9/h2,5-6,9,17H,1,3-4,7-8H2,(H3,13,14). The Morgan fingerprint density at radius 1 is 1.59 bits per heavy atom. The van der Waals surface area contributed by atoms with Crippen molar-refractivity contribution in [3.05, 3.63) is 24.0 Å². The fourth-order valence-electron chi connectivity index (χ4n) is 2.14. The van der Waals surface area contributed by atoms with E-state index < -0.39 is 0 Å². The molecule has 1 aliphatic carbocycles. The van der Waals surface area contributed by atoms with Gasteiger partial charge in [-0.05, 0) is 31.4 Å². The van der Waals surface area contributed by atoms with Crippen molar-refractivity contribution in [1.29, 1.82) is 5.41 Å². The van der Waals surface area contributed by atoms with Gasteiger partial charge in [0, 0.05) is 18.8 Å². The summed E-state index contributed by atoms with van der Waals surface area (Å²) in [5.41, 5.74) is 6.91. The maximum atomic E-state index is 9.15. The highest BCUT2D eigenvalue weighted by atomic mass is 16.3. The Kier molecular flexibility index (Phi) is 3.58. The van der Waals surface area contributed by atoms with E-state index in [1.807, 2.05) is 12.1 Å². The summed E-state index contributed by atoms with van der Waals surface area (Å²) in [6.07, 6.45) is 5.12. The number of hydrogen-bond donors (Lipinski definition) is 3. The molecule has 2 rings (SSSR count). The molecule has 0 saturated heterocycles. The van der Waals surface area contributed by atoms with Crippen LogP contribution in [0.5, 0.6) is 0 Å². The predicted molar refractivity (Wildman–Crippen MR) is 67.3 cm³/mol. The molecular formula is C12H18N4O. The lowest BCUT2D eigenvalue weighted by molar-refractivity contribution is 0.283. The van der Waals surface area contributed by atoms with Crippen LogP contribution in [-0.4, -0.2) is 35.1 Å². The highest BCUT2D eigenvalue weighted by Gasteiger charge is 2.26. The van der Waals surface area contributed by atoms with Crippen molar-refractivity contribution in [2.75, 3.05) is 18.1 Å². The Bertz CT molecular complexity index is 403. The second-order valence-electron chi connectivity index (χ2n) is 4.29. The second-order valence-corrected chi connectivity index (χ2v) is 4.29. The molecule has 1 aromatic heterocycles. The van der Waals surface area contributed by atoms with Gasteiger partial charge in [0.2, 0.25) is 0 Å². The lowest BCUT2D eigenvalue weighted by atomic mass is 9.91. The van der Waals surface area contributed by atoms with Crippen LogP contribution in [0.2, 0.25) is 0 Å². The SMILES string of the molecule is N=C(N)c1ncccc1N(CCO)C1CCC1. The number of hydrogen-bond acceptors (Lipinski definition) is 4. The van der Waals surface area contributed by atoms with Crippen LogP contribution < -0.4 is 10.6 Å². The predicted octanol–water partition coefficient (Wildman–Crippen LogP) is 0.717. The van der Waals surface area contributed by atoms with E-state index in [2.05, 4.69) is 9.88 Å². The topological polar surface area (TPSA) is 86.2 Å². The molecule has 0 aromatic carbocycles. The van der Waals surface area contributed by atoms with E-state index >= 15 is 0 Å². The molecule has 4 N–H and O–H groups in total. The highest BCUT2D eigenvalue weighted by Crippen LogP contribution is 2.30. The number of nitrogens with one attached hydrogen (secondary N) is 1. The van der Waals surface area contributed by atoms with Gasteiger partial charge in [0.1, 0.15) is 11.5 Å². The number of aliphatic hydroxyl groups excluding tert-OH is 1. The van der Waals surface area contributed by atoms with Crippen molar-refractivity contribution < 1.29 is 5.11 Å². The van der Waals surface area contributed by atoms with Crippen molar-refractivity contribution >= 4 is 11.5 Å². The molecule has 5 heteroatoms. The summed E-state index contributed by atoms with van der Waals surface area (Å²) < 4.78 is 0. The Labute approximate surface area is 101 Å². The van der Waals surface area contributed by atoms with Crippen molar-refractivity contribution in [2.45, 2.75) is 25.3 Å². The zero-order valence-electron chi connectivity index (χ0n) is 9.76. The third-order valence-electron chi connectivity index (χ3n) is 3.21. The quantitative estimate of drug-likeness (QED) is 0.517. The zero-order chi connectivity index (χ0) is 12.3. The van der Waals surface area contributed by atoms with E-state index in [1.165, 1.54) is 6.42 Å². The first-order valence-electron chi connectivity index (χ1n) is 5.91. The van der Waals surface area contributed by atoms with Crippen LogP contribution in [0, 0.1) is 5.41 Å². The van der Waals surface area contributed by atoms with Crippen LogP contribution in [0.1, 0.15) is 25.0 Å². The summed E-state index contributed by atoms with van der Waals surface area (Å²) in [5, 5.41) is 16.7. The monoisotopic (exact) mass is 234 g/mol. The molecule has 1 aromatic rings. The normalized spacial score (nSPS) is 15.4. The highest BCUT2D eigenvalue weighted by molar-refractivity contribution is 5.98. The Morgan fingerprint density at radius 2 is 2.35 bits per heavy atom. The Balaban J connectivity index is 2.30. The molecule has 0 aliphatic heterocycles. The van der Waals surface area contributed by atoms with Gasteiger partial charge in [-0.2, -0.15) is 0 Å². The third kappa shape index (κ3) is 2.39. The summed E-state index contributed by atoms with van der Waals surface area (Å²) in [4.78, 5) is 6.27. The number of nitrogens with zero attached hydrogens (tertiary/aromatic N) is 2. The van der Waals surface area contributed by atoms with Gasteiger partial charge in [-0.3, -0.25) is 10.4 Å². The first kappa shape index (κ1) is 11.9. The Morgan fingerprint density at radius 3 is 2.88 bits per heavy atom. The van der Waals surface area contributed by atoms with Crippen LogP contribution >= 0.6 is 0 Å². The summed E-state index contributed by atoms with van der Waals surface area (Å²) in [6, 6.07) is 4.20. The molecular weight excluding hydrogens is 216 g/mol. The molecule has 1 saturated carbocycles. The number of aromatic nitrogens is 1. The minimum absolute atomic E-state index is 0.0251. The Hall–Kier alpha value is -1.62. The molecule has 0 unspecified atom stereocenters. The van der Waals surface area contributed by atoms with Gasteiger partial charge in [0.25, 0.3) is 0 Å². The van der Waals surface area contributed by atoms with Crippen molar-refractivity contribution in [3.63, 3.8) is 0 Å². The summed E-state index contributed by atoms with van der Waals surface area (Å²) in [6.45, 7) is 0.666. The average Bonchev–Trinajstić information content (AvgIpc) is 2.26.